The zero-order chi connectivity index (χ0) is 29.5. The van der Waals surface area contributed by atoms with Crippen molar-refractivity contribution < 1.29 is 14.0 Å². The van der Waals surface area contributed by atoms with Gasteiger partial charge in [-0.3, -0.25) is 14.5 Å². The molecule has 2 aliphatic heterocycles. The number of benzene rings is 1. The highest BCUT2D eigenvalue weighted by molar-refractivity contribution is 5.80. The van der Waals surface area contributed by atoms with E-state index in [0.717, 1.165) is 56.4 Å². The SMILES string of the molecule is CCCCCCCCN1C(CC)ONC1c1cc2c(cc1F)[C@H](NC(=O)C1CN(C)N(C3CCCCCCC3)C1)CC2. The number of rotatable bonds is 12. The standard InChI is InChI=1S/C34H56FN5O2/c1-4-6-7-8-12-15-20-39-32(5-2)42-37-33(39)29-21-25-18-19-31(28(25)22-30(29)35)36-34(41)26-23-38(3)40(24-26)27-16-13-10-9-11-14-17-27/h21-22,26-27,31-33,37H,4-20,23-24H2,1-3H3,(H,36,41)/t26?,31-,32?,33?/m1/s1. The topological polar surface area (TPSA) is 60.1 Å². The Morgan fingerprint density at radius 1 is 0.976 bits per heavy atom. The second-order valence-electron chi connectivity index (χ2n) is 13.3. The normalized spacial score (nSPS) is 28.2. The van der Waals surface area contributed by atoms with E-state index >= 15 is 4.39 Å². The van der Waals surface area contributed by atoms with Crippen LogP contribution in [0.3, 0.4) is 0 Å². The summed E-state index contributed by atoms with van der Waals surface area (Å²) in [4.78, 5) is 21.7. The van der Waals surface area contributed by atoms with E-state index < -0.39 is 0 Å². The fraction of sp³-hybridized carbons (Fsp3) is 0.794. The average Bonchev–Trinajstić information content (AvgIpc) is 3.67. The zero-order valence-electron chi connectivity index (χ0n) is 26.5. The molecule has 0 bridgehead atoms. The highest BCUT2D eigenvalue weighted by atomic mass is 19.1. The summed E-state index contributed by atoms with van der Waals surface area (Å²) in [5.41, 5.74) is 5.91. The summed E-state index contributed by atoms with van der Waals surface area (Å²) in [5.74, 6) is -0.147. The van der Waals surface area contributed by atoms with Gasteiger partial charge in [0.15, 0.2) is 0 Å². The van der Waals surface area contributed by atoms with Gasteiger partial charge >= 0.3 is 0 Å². The molecule has 2 saturated heterocycles. The maximum atomic E-state index is 15.8. The number of nitrogens with one attached hydrogen (secondary N) is 2. The van der Waals surface area contributed by atoms with Gasteiger partial charge in [-0.1, -0.05) is 78.1 Å². The third kappa shape index (κ3) is 7.55. The number of hydrogen-bond acceptors (Lipinski definition) is 6. The summed E-state index contributed by atoms with van der Waals surface area (Å²) in [6.45, 7) is 6.81. The van der Waals surface area contributed by atoms with Gasteiger partial charge in [-0.05, 0) is 61.8 Å². The number of amides is 1. The fourth-order valence-corrected chi connectivity index (χ4v) is 7.82. The van der Waals surface area contributed by atoms with E-state index in [1.807, 2.05) is 6.07 Å². The Balaban J connectivity index is 1.19. The van der Waals surface area contributed by atoms with Crippen molar-refractivity contribution >= 4 is 5.91 Å². The first-order valence-electron chi connectivity index (χ1n) is 17.3. The molecule has 1 aromatic carbocycles. The highest BCUT2D eigenvalue weighted by Gasteiger charge is 2.39. The molecule has 7 nitrogen and oxygen atoms in total. The lowest BCUT2D eigenvalue weighted by Crippen LogP contribution is -2.42. The summed E-state index contributed by atoms with van der Waals surface area (Å²) in [5, 5.41) is 8.06. The molecule has 1 aromatic rings. The summed E-state index contributed by atoms with van der Waals surface area (Å²) >= 11 is 0. The predicted octanol–water partition coefficient (Wildman–Crippen LogP) is 6.75. The number of hydrazine groups is 1. The molecule has 4 aliphatic rings. The largest absolute Gasteiger partial charge is 0.349 e. The molecular formula is C34H56FN5O2. The van der Waals surface area contributed by atoms with E-state index in [2.05, 4.69) is 46.6 Å². The van der Waals surface area contributed by atoms with Crippen LogP contribution in [-0.2, 0) is 16.1 Å². The molecule has 1 amide bonds. The zero-order valence-corrected chi connectivity index (χ0v) is 26.5. The Morgan fingerprint density at radius 2 is 1.71 bits per heavy atom. The molecule has 236 valence electrons. The summed E-state index contributed by atoms with van der Waals surface area (Å²) in [7, 11) is 2.13. The molecule has 5 rings (SSSR count). The van der Waals surface area contributed by atoms with Crippen LogP contribution < -0.4 is 10.8 Å². The third-order valence-corrected chi connectivity index (χ3v) is 10.3. The Hall–Kier alpha value is -1.58. The molecule has 0 radical (unpaired) electrons. The minimum atomic E-state index is -0.280. The number of fused-ring (bicyclic) bond motifs is 1. The fourth-order valence-electron chi connectivity index (χ4n) is 7.82. The second kappa shape index (κ2) is 15.4. The lowest BCUT2D eigenvalue weighted by atomic mass is 9.96. The summed E-state index contributed by atoms with van der Waals surface area (Å²) in [6, 6.07) is 4.15. The van der Waals surface area contributed by atoms with E-state index in [4.69, 9.17) is 4.84 Å². The van der Waals surface area contributed by atoms with Crippen molar-refractivity contribution in [3.05, 3.63) is 34.6 Å². The maximum Gasteiger partial charge on any atom is 0.226 e. The van der Waals surface area contributed by atoms with E-state index in [1.165, 1.54) is 77.0 Å². The molecule has 3 unspecified atom stereocenters. The van der Waals surface area contributed by atoms with Gasteiger partial charge in [-0.2, -0.15) is 5.48 Å². The van der Waals surface area contributed by atoms with Crippen molar-refractivity contribution in [1.29, 1.82) is 0 Å². The molecular weight excluding hydrogens is 529 g/mol. The van der Waals surface area contributed by atoms with Crippen LogP contribution >= 0.6 is 0 Å². The van der Waals surface area contributed by atoms with Gasteiger partial charge in [-0.25, -0.2) is 14.4 Å². The van der Waals surface area contributed by atoms with Crippen molar-refractivity contribution in [2.75, 3.05) is 26.7 Å². The lowest BCUT2D eigenvalue weighted by molar-refractivity contribution is -0.125. The Bertz CT molecular complexity index is 1020. The van der Waals surface area contributed by atoms with Gasteiger partial charge in [0.05, 0.1) is 12.0 Å². The van der Waals surface area contributed by atoms with Crippen LogP contribution in [0.1, 0.15) is 139 Å². The second-order valence-corrected chi connectivity index (χ2v) is 13.3. The molecule has 0 spiro atoms. The third-order valence-electron chi connectivity index (χ3n) is 10.3. The van der Waals surface area contributed by atoms with E-state index in [1.54, 1.807) is 6.07 Å². The van der Waals surface area contributed by atoms with Crippen molar-refractivity contribution in [3.8, 4) is 0 Å². The quantitative estimate of drug-likeness (QED) is 0.265. The predicted molar refractivity (Wildman–Crippen MR) is 166 cm³/mol. The molecule has 0 aromatic heterocycles. The van der Waals surface area contributed by atoms with Crippen molar-refractivity contribution in [2.45, 2.75) is 141 Å². The molecule has 4 atom stereocenters. The van der Waals surface area contributed by atoms with Gasteiger partial charge in [0.25, 0.3) is 0 Å². The van der Waals surface area contributed by atoms with Gasteiger partial charge < -0.3 is 5.32 Å². The van der Waals surface area contributed by atoms with Gasteiger partial charge in [-0.15, -0.1) is 0 Å². The van der Waals surface area contributed by atoms with E-state index in [-0.39, 0.29) is 36.1 Å². The van der Waals surface area contributed by atoms with Crippen molar-refractivity contribution in [3.63, 3.8) is 0 Å². The molecule has 3 fully saturated rings. The van der Waals surface area contributed by atoms with E-state index in [9.17, 15) is 4.79 Å². The number of aryl methyl sites for hydroxylation is 1. The van der Waals surface area contributed by atoms with Crippen LogP contribution in [0.15, 0.2) is 12.1 Å². The lowest BCUT2D eigenvalue weighted by Gasteiger charge is -2.34. The number of carbonyl (C=O) groups excluding carboxylic acids is 1. The first kappa shape index (κ1) is 31.8. The average molecular weight is 586 g/mol. The summed E-state index contributed by atoms with van der Waals surface area (Å²) in [6.07, 6.45) is 18.7. The number of unbranched alkanes of at least 4 members (excludes halogenated alkanes) is 5. The van der Waals surface area contributed by atoms with Crippen LogP contribution in [0, 0.1) is 11.7 Å². The first-order valence-corrected chi connectivity index (χ1v) is 17.3. The Labute approximate surface area is 253 Å². The highest BCUT2D eigenvalue weighted by Crippen LogP contribution is 2.38. The van der Waals surface area contributed by atoms with E-state index in [0.29, 0.717) is 11.6 Å². The van der Waals surface area contributed by atoms with Crippen LogP contribution in [0.2, 0.25) is 0 Å². The van der Waals surface area contributed by atoms with Crippen LogP contribution in [0.4, 0.5) is 4.39 Å². The van der Waals surface area contributed by atoms with Crippen molar-refractivity contribution in [2.24, 2.45) is 5.92 Å². The molecule has 42 heavy (non-hydrogen) atoms. The maximum absolute atomic E-state index is 15.8. The molecule has 1 saturated carbocycles. The van der Waals surface area contributed by atoms with Crippen LogP contribution in [0.5, 0.6) is 0 Å². The molecule has 2 aliphatic carbocycles. The van der Waals surface area contributed by atoms with Gasteiger partial charge in [0, 0.05) is 38.3 Å². The number of hydroxylamine groups is 1. The number of halogens is 1. The molecule has 8 heteroatoms. The summed E-state index contributed by atoms with van der Waals surface area (Å²) < 4.78 is 15.8. The number of hydrogen-bond donors (Lipinski definition) is 2. The van der Waals surface area contributed by atoms with Crippen LogP contribution in [0.25, 0.3) is 0 Å². The van der Waals surface area contributed by atoms with Crippen LogP contribution in [-0.4, -0.2) is 59.8 Å². The Morgan fingerprint density at radius 3 is 2.48 bits per heavy atom. The molecule has 2 N–H and O–H groups in total. The minimum Gasteiger partial charge on any atom is -0.349 e. The number of carbonyl (C=O) groups is 1. The number of nitrogens with zero attached hydrogens (tertiary/aromatic N) is 3. The van der Waals surface area contributed by atoms with Gasteiger partial charge in [0.2, 0.25) is 5.91 Å². The van der Waals surface area contributed by atoms with Gasteiger partial charge in [0.1, 0.15) is 18.2 Å². The minimum absolute atomic E-state index is 0.0446. The molecule has 2 heterocycles. The van der Waals surface area contributed by atoms with Crippen molar-refractivity contribution in [1.82, 2.24) is 25.7 Å². The first-order chi connectivity index (χ1) is 20.5. The smallest absolute Gasteiger partial charge is 0.226 e. The Kier molecular flexibility index (Phi) is 11.7. The monoisotopic (exact) mass is 585 g/mol.